The average molecular weight is 444 g/mol. The van der Waals surface area contributed by atoms with E-state index in [0.29, 0.717) is 12.0 Å². The molecule has 1 saturated heterocycles. The lowest BCUT2D eigenvalue weighted by Crippen LogP contribution is -2.41. The maximum Gasteiger partial charge on any atom is 0.191 e. The first-order chi connectivity index (χ1) is 11.4. The van der Waals surface area contributed by atoms with Crippen molar-refractivity contribution in [1.82, 2.24) is 15.5 Å². The molecule has 6 heteroatoms. The number of guanidine groups is 1. The molecule has 0 radical (unpaired) electrons. The first-order valence-electron chi connectivity index (χ1n) is 8.76. The van der Waals surface area contributed by atoms with Crippen LogP contribution in [0.1, 0.15) is 24.8 Å². The maximum absolute atomic E-state index is 5.38. The number of halogens is 1. The summed E-state index contributed by atoms with van der Waals surface area (Å²) in [6.07, 6.45) is 1.19. The van der Waals surface area contributed by atoms with Gasteiger partial charge in [0.1, 0.15) is 0 Å². The minimum Gasteiger partial charge on any atom is -0.379 e. The summed E-state index contributed by atoms with van der Waals surface area (Å²) in [5.41, 5.74) is 1.43. The molecule has 0 amide bonds. The lowest BCUT2D eigenvalue weighted by atomic mass is 10.1. The lowest BCUT2D eigenvalue weighted by molar-refractivity contribution is 0.0394. The highest BCUT2D eigenvalue weighted by Crippen LogP contribution is 2.40. The van der Waals surface area contributed by atoms with Gasteiger partial charge in [-0.15, -0.1) is 24.0 Å². The summed E-state index contributed by atoms with van der Waals surface area (Å²) in [6, 6.07) is 11.3. The van der Waals surface area contributed by atoms with Gasteiger partial charge < -0.3 is 15.4 Å². The predicted octanol–water partition coefficient (Wildman–Crippen LogP) is 2.05. The first-order valence-corrected chi connectivity index (χ1v) is 8.76. The third-order valence-corrected chi connectivity index (χ3v) is 4.47. The van der Waals surface area contributed by atoms with Gasteiger partial charge in [0.05, 0.1) is 19.8 Å². The van der Waals surface area contributed by atoms with Crippen LogP contribution in [0.3, 0.4) is 0 Å². The van der Waals surface area contributed by atoms with Crippen molar-refractivity contribution >= 4 is 29.9 Å². The van der Waals surface area contributed by atoms with Crippen molar-refractivity contribution in [3.63, 3.8) is 0 Å². The SMILES string of the molecule is CCNC(=NCCN1CCOCC1)NC1CC1c1ccccc1.I. The van der Waals surface area contributed by atoms with E-state index in [2.05, 4.69) is 52.8 Å². The molecule has 3 rings (SSSR count). The highest BCUT2D eigenvalue weighted by molar-refractivity contribution is 14.0. The van der Waals surface area contributed by atoms with Crippen LogP contribution in [-0.2, 0) is 4.74 Å². The maximum atomic E-state index is 5.38. The summed E-state index contributed by atoms with van der Waals surface area (Å²) in [6.45, 7) is 8.60. The van der Waals surface area contributed by atoms with E-state index < -0.39 is 0 Å². The van der Waals surface area contributed by atoms with E-state index >= 15 is 0 Å². The normalized spacial score (nSPS) is 24.1. The molecule has 2 fully saturated rings. The number of ether oxygens (including phenoxy) is 1. The van der Waals surface area contributed by atoms with Gasteiger partial charge in [0, 0.05) is 38.1 Å². The summed E-state index contributed by atoms with van der Waals surface area (Å²) in [5, 5.41) is 6.93. The van der Waals surface area contributed by atoms with Gasteiger partial charge in [-0.1, -0.05) is 30.3 Å². The van der Waals surface area contributed by atoms with Crippen molar-refractivity contribution in [3.8, 4) is 0 Å². The Bertz CT molecular complexity index is 505. The van der Waals surface area contributed by atoms with E-state index in [1.54, 1.807) is 0 Å². The van der Waals surface area contributed by atoms with E-state index in [-0.39, 0.29) is 24.0 Å². The van der Waals surface area contributed by atoms with Crippen molar-refractivity contribution in [2.24, 2.45) is 4.99 Å². The van der Waals surface area contributed by atoms with Crippen LogP contribution in [0.15, 0.2) is 35.3 Å². The zero-order valence-corrected chi connectivity index (χ0v) is 16.7. The molecule has 2 aliphatic rings. The molecular formula is C18H29IN4O. The molecule has 2 atom stereocenters. The van der Waals surface area contributed by atoms with E-state index in [1.807, 2.05) is 0 Å². The van der Waals surface area contributed by atoms with Gasteiger partial charge >= 0.3 is 0 Å². The van der Waals surface area contributed by atoms with Crippen LogP contribution in [0.25, 0.3) is 0 Å². The molecule has 2 N–H and O–H groups in total. The number of nitrogens with zero attached hydrogens (tertiary/aromatic N) is 2. The Hall–Kier alpha value is -0.860. The number of morpholine rings is 1. The molecule has 0 aromatic heterocycles. The van der Waals surface area contributed by atoms with E-state index in [0.717, 1.165) is 51.9 Å². The highest BCUT2D eigenvalue weighted by Gasteiger charge is 2.38. The smallest absolute Gasteiger partial charge is 0.191 e. The largest absolute Gasteiger partial charge is 0.379 e. The number of nitrogens with one attached hydrogen (secondary N) is 2. The minimum absolute atomic E-state index is 0. The molecular weight excluding hydrogens is 415 g/mol. The second-order valence-corrected chi connectivity index (χ2v) is 6.22. The topological polar surface area (TPSA) is 48.9 Å². The molecule has 0 bridgehead atoms. The lowest BCUT2D eigenvalue weighted by Gasteiger charge is -2.25. The Balaban J connectivity index is 0.00000208. The molecule has 1 aliphatic carbocycles. The Labute approximate surface area is 162 Å². The molecule has 1 aromatic rings. The standard InChI is InChI=1S/C18H28N4O.HI/c1-2-19-18(20-8-9-22-10-12-23-13-11-22)21-17-14-16(17)15-6-4-3-5-7-15;/h3-7,16-17H,2,8-14H2,1H3,(H2,19,20,21);1H. The van der Waals surface area contributed by atoms with Gasteiger partial charge in [-0.05, 0) is 18.9 Å². The fourth-order valence-electron chi connectivity index (χ4n) is 3.05. The average Bonchev–Trinajstić information content (AvgIpc) is 3.36. The molecule has 1 aromatic carbocycles. The summed E-state index contributed by atoms with van der Waals surface area (Å²) in [4.78, 5) is 7.14. The molecule has 2 unspecified atom stereocenters. The monoisotopic (exact) mass is 444 g/mol. The van der Waals surface area contributed by atoms with Crippen LogP contribution >= 0.6 is 24.0 Å². The zero-order chi connectivity index (χ0) is 15.9. The fraction of sp³-hybridized carbons (Fsp3) is 0.611. The van der Waals surface area contributed by atoms with E-state index in [4.69, 9.17) is 9.73 Å². The number of aliphatic imine (C=N–C) groups is 1. The predicted molar refractivity (Wildman–Crippen MR) is 109 cm³/mol. The number of hydrogen-bond acceptors (Lipinski definition) is 3. The van der Waals surface area contributed by atoms with Crippen LogP contribution in [-0.4, -0.2) is 62.8 Å². The van der Waals surface area contributed by atoms with Crippen molar-refractivity contribution in [3.05, 3.63) is 35.9 Å². The zero-order valence-electron chi connectivity index (χ0n) is 14.4. The summed E-state index contributed by atoms with van der Waals surface area (Å²) < 4.78 is 5.38. The molecule has 1 heterocycles. The molecule has 24 heavy (non-hydrogen) atoms. The van der Waals surface area contributed by atoms with Crippen LogP contribution in [0, 0.1) is 0 Å². The Kier molecular flexibility index (Phi) is 8.28. The highest BCUT2D eigenvalue weighted by atomic mass is 127. The third kappa shape index (κ3) is 5.89. The minimum atomic E-state index is 0. The summed E-state index contributed by atoms with van der Waals surface area (Å²) in [5.74, 6) is 1.57. The molecule has 5 nitrogen and oxygen atoms in total. The molecule has 1 aliphatic heterocycles. The number of rotatable bonds is 6. The van der Waals surface area contributed by atoms with Crippen LogP contribution in [0.2, 0.25) is 0 Å². The van der Waals surface area contributed by atoms with Crippen LogP contribution in [0.4, 0.5) is 0 Å². The second-order valence-electron chi connectivity index (χ2n) is 6.22. The Morgan fingerprint density at radius 3 is 2.71 bits per heavy atom. The van der Waals surface area contributed by atoms with Crippen LogP contribution in [0.5, 0.6) is 0 Å². The van der Waals surface area contributed by atoms with Crippen molar-refractivity contribution in [1.29, 1.82) is 0 Å². The molecule has 0 spiro atoms. The number of hydrogen-bond donors (Lipinski definition) is 2. The quantitative estimate of drug-likeness (QED) is 0.401. The van der Waals surface area contributed by atoms with Gasteiger partial charge in [-0.2, -0.15) is 0 Å². The van der Waals surface area contributed by atoms with Gasteiger partial charge in [-0.3, -0.25) is 9.89 Å². The summed E-state index contributed by atoms with van der Waals surface area (Å²) >= 11 is 0. The van der Waals surface area contributed by atoms with Gasteiger partial charge in [0.2, 0.25) is 0 Å². The first kappa shape index (κ1) is 19.5. The van der Waals surface area contributed by atoms with Crippen molar-refractivity contribution in [2.75, 3.05) is 45.9 Å². The van der Waals surface area contributed by atoms with E-state index in [9.17, 15) is 0 Å². The number of benzene rings is 1. The van der Waals surface area contributed by atoms with E-state index in [1.165, 1.54) is 12.0 Å². The molecule has 134 valence electrons. The van der Waals surface area contributed by atoms with Gasteiger partial charge in [-0.25, -0.2) is 0 Å². The Morgan fingerprint density at radius 2 is 2.00 bits per heavy atom. The van der Waals surface area contributed by atoms with Crippen molar-refractivity contribution in [2.45, 2.75) is 25.3 Å². The van der Waals surface area contributed by atoms with Gasteiger partial charge in [0.15, 0.2) is 5.96 Å². The molecule has 1 saturated carbocycles. The van der Waals surface area contributed by atoms with Crippen molar-refractivity contribution < 1.29 is 4.74 Å². The Morgan fingerprint density at radius 1 is 1.25 bits per heavy atom. The van der Waals surface area contributed by atoms with Crippen LogP contribution < -0.4 is 10.6 Å². The summed E-state index contributed by atoms with van der Waals surface area (Å²) in [7, 11) is 0. The van der Waals surface area contributed by atoms with Gasteiger partial charge in [0.25, 0.3) is 0 Å². The second kappa shape index (κ2) is 10.2. The third-order valence-electron chi connectivity index (χ3n) is 4.47. The fourth-order valence-corrected chi connectivity index (χ4v) is 3.05.